The average molecular weight is 268 g/mol. The Morgan fingerprint density at radius 2 is 1.78 bits per heavy atom. The minimum absolute atomic E-state index is 0.211. The molecule has 18 heavy (non-hydrogen) atoms. The molecule has 1 aromatic rings. The molecule has 0 saturated heterocycles. The second-order valence-corrected chi connectivity index (χ2v) is 7.83. The number of hydrogen-bond donors (Lipinski definition) is 1. The van der Waals surface area contributed by atoms with Crippen LogP contribution in [0.4, 0.5) is 0 Å². The second-order valence-electron chi connectivity index (χ2n) is 6.54. The van der Waals surface area contributed by atoms with Crippen molar-refractivity contribution in [2.24, 2.45) is 11.8 Å². The summed E-state index contributed by atoms with van der Waals surface area (Å²) in [5.74, 6) is 1.35. The Kier molecular flexibility index (Phi) is 5.35. The van der Waals surface area contributed by atoms with Gasteiger partial charge in [-0.25, -0.2) is 4.98 Å². The van der Waals surface area contributed by atoms with E-state index in [1.807, 2.05) is 11.3 Å². The topological polar surface area (TPSA) is 24.9 Å². The van der Waals surface area contributed by atoms with Gasteiger partial charge in [-0.3, -0.25) is 0 Å². The zero-order valence-electron chi connectivity index (χ0n) is 12.9. The summed E-state index contributed by atoms with van der Waals surface area (Å²) in [4.78, 5) is 6.00. The van der Waals surface area contributed by atoms with Crippen LogP contribution in [0.3, 0.4) is 0 Å². The molecular weight excluding hydrogens is 240 g/mol. The predicted molar refractivity (Wildman–Crippen MR) is 81.4 cm³/mol. The van der Waals surface area contributed by atoms with Crippen LogP contribution >= 0.6 is 11.3 Å². The van der Waals surface area contributed by atoms with Crippen molar-refractivity contribution in [1.29, 1.82) is 0 Å². The van der Waals surface area contributed by atoms with Crippen LogP contribution in [0.2, 0.25) is 0 Å². The van der Waals surface area contributed by atoms with Gasteiger partial charge < -0.3 is 5.32 Å². The molecule has 2 atom stereocenters. The van der Waals surface area contributed by atoms with Gasteiger partial charge in [0.25, 0.3) is 0 Å². The van der Waals surface area contributed by atoms with E-state index in [2.05, 4.69) is 58.8 Å². The largest absolute Gasteiger partial charge is 0.312 e. The van der Waals surface area contributed by atoms with Crippen LogP contribution in [0.25, 0.3) is 0 Å². The van der Waals surface area contributed by atoms with E-state index < -0.39 is 0 Å². The highest BCUT2D eigenvalue weighted by molar-refractivity contribution is 7.11. The normalized spacial score (nSPS) is 15.7. The molecule has 0 fully saturated rings. The zero-order valence-corrected chi connectivity index (χ0v) is 13.7. The number of thiazole rings is 1. The van der Waals surface area contributed by atoms with Gasteiger partial charge in [0, 0.05) is 16.8 Å². The number of aryl methyl sites for hydroxylation is 2. The monoisotopic (exact) mass is 268 g/mol. The summed E-state index contributed by atoms with van der Waals surface area (Å²) in [6, 6.07) is 0. The number of hydrogen-bond acceptors (Lipinski definition) is 3. The van der Waals surface area contributed by atoms with Crippen molar-refractivity contribution in [2.75, 3.05) is 6.54 Å². The lowest BCUT2D eigenvalue weighted by atomic mass is 9.92. The van der Waals surface area contributed by atoms with E-state index in [0.29, 0.717) is 11.8 Å². The van der Waals surface area contributed by atoms with Gasteiger partial charge in [-0.2, -0.15) is 0 Å². The Labute approximate surface area is 116 Å². The van der Waals surface area contributed by atoms with Crippen molar-refractivity contribution < 1.29 is 0 Å². The van der Waals surface area contributed by atoms with Gasteiger partial charge in [0.15, 0.2) is 0 Å². The molecule has 0 spiro atoms. The molecule has 1 rings (SSSR count). The fourth-order valence-corrected chi connectivity index (χ4v) is 2.85. The molecule has 2 nitrogen and oxygen atoms in total. The molecule has 1 heterocycles. The molecule has 1 N–H and O–H groups in total. The summed E-state index contributed by atoms with van der Waals surface area (Å²) < 4.78 is 0. The molecule has 104 valence electrons. The quantitative estimate of drug-likeness (QED) is 0.874. The van der Waals surface area contributed by atoms with Crippen LogP contribution in [0.5, 0.6) is 0 Å². The molecule has 0 aliphatic carbocycles. The van der Waals surface area contributed by atoms with E-state index in [0.717, 1.165) is 13.0 Å². The molecular formula is C15H28N2S. The van der Waals surface area contributed by atoms with Crippen molar-refractivity contribution in [3.8, 4) is 0 Å². The Hall–Kier alpha value is -0.410. The molecule has 0 saturated carbocycles. The highest BCUT2D eigenvalue weighted by Crippen LogP contribution is 2.23. The number of aromatic nitrogens is 1. The summed E-state index contributed by atoms with van der Waals surface area (Å²) in [6.07, 6.45) is 1.10. The van der Waals surface area contributed by atoms with Crippen molar-refractivity contribution in [2.45, 2.75) is 60.4 Å². The van der Waals surface area contributed by atoms with Crippen molar-refractivity contribution >= 4 is 11.3 Å². The van der Waals surface area contributed by atoms with Gasteiger partial charge in [-0.15, -0.1) is 11.3 Å². The Morgan fingerprint density at radius 1 is 1.17 bits per heavy atom. The molecule has 0 aromatic carbocycles. The van der Waals surface area contributed by atoms with Crippen LogP contribution in [-0.2, 0) is 6.42 Å². The van der Waals surface area contributed by atoms with Crippen LogP contribution in [0.15, 0.2) is 0 Å². The van der Waals surface area contributed by atoms with Gasteiger partial charge in [0.1, 0.15) is 0 Å². The van der Waals surface area contributed by atoms with E-state index >= 15 is 0 Å². The third kappa shape index (κ3) is 5.07. The maximum Gasteiger partial charge on any atom is 0.0933 e. The lowest BCUT2D eigenvalue weighted by Gasteiger charge is -2.26. The number of nitrogens with one attached hydrogen (secondary N) is 1. The SMILES string of the molecule is Cc1nc(CC(C)C(C)CNC(C)(C)C)sc1C. The van der Waals surface area contributed by atoms with E-state index in [1.54, 1.807) is 0 Å². The van der Waals surface area contributed by atoms with Crippen LogP contribution in [0, 0.1) is 25.7 Å². The Balaban J connectivity index is 2.47. The molecule has 0 radical (unpaired) electrons. The van der Waals surface area contributed by atoms with E-state index in [9.17, 15) is 0 Å². The maximum absolute atomic E-state index is 4.64. The highest BCUT2D eigenvalue weighted by atomic mass is 32.1. The molecule has 3 heteroatoms. The van der Waals surface area contributed by atoms with Crippen molar-refractivity contribution in [3.05, 3.63) is 15.6 Å². The average Bonchev–Trinajstić information content (AvgIpc) is 2.53. The van der Waals surface area contributed by atoms with E-state index in [-0.39, 0.29) is 5.54 Å². The first kappa shape index (κ1) is 15.6. The molecule has 0 bridgehead atoms. The van der Waals surface area contributed by atoms with Crippen molar-refractivity contribution in [3.63, 3.8) is 0 Å². The van der Waals surface area contributed by atoms with Crippen LogP contribution in [0.1, 0.15) is 50.2 Å². The van der Waals surface area contributed by atoms with Crippen LogP contribution in [-0.4, -0.2) is 17.1 Å². The smallest absolute Gasteiger partial charge is 0.0933 e. The Morgan fingerprint density at radius 3 is 2.22 bits per heavy atom. The van der Waals surface area contributed by atoms with Gasteiger partial charge >= 0.3 is 0 Å². The molecule has 2 unspecified atom stereocenters. The van der Waals surface area contributed by atoms with E-state index in [1.165, 1.54) is 15.6 Å². The first-order valence-corrected chi connectivity index (χ1v) is 7.68. The number of nitrogens with zero attached hydrogens (tertiary/aromatic N) is 1. The third-order valence-electron chi connectivity index (χ3n) is 3.50. The van der Waals surface area contributed by atoms with Crippen LogP contribution < -0.4 is 5.32 Å². The first-order valence-electron chi connectivity index (χ1n) is 6.87. The standard InChI is InChI=1S/C15H28N2S/c1-10(11(2)9-16-15(5,6)7)8-14-17-12(3)13(4)18-14/h10-11,16H,8-9H2,1-7H3. The lowest BCUT2D eigenvalue weighted by molar-refractivity contribution is 0.317. The van der Waals surface area contributed by atoms with Gasteiger partial charge in [-0.05, 0) is 53.0 Å². The van der Waals surface area contributed by atoms with E-state index in [4.69, 9.17) is 0 Å². The summed E-state index contributed by atoms with van der Waals surface area (Å²) in [7, 11) is 0. The van der Waals surface area contributed by atoms with Gasteiger partial charge in [0.2, 0.25) is 0 Å². The lowest BCUT2D eigenvalue weighted by Crippen LogP contribution is -2.40. The van der Waals surface area contributed by atoms with Gasteiger partial charge in [0.05, 0.1) is 10.7 Å². The highest BCUT2D eigenvalue weighted by Gasteiger charge is 2.17. The zero-order chi connectivity index (χ0) is 13.9. The third-order valence-corrected chi connectivity index (χ3v) is 4.59. The summed E-state index contributed by atoms with van der Waals surface area (Å²) >= 11 is 1.85. The predicted octanol–water partition coefficient (Wildman–Crippen LogP) is 3.96. The number of rotatable bonds is 5. The molecule has 0 amide bonds. The molecule has 0 aliphatic rings. The van der Waals surface area contributed by atoms with Crippen molar-refractivity contribution in [1.82, 2.24) is 10.3 Å². The first-order chi connectivity index (χ1) is 8.19. The fraction of sp³-hybridized carbons (Fsp3) is 0.800. The summed E-state index contributed by atoms with van der Waals surface area (Å²) in [5, 5.41) is 4.88. The minimum atomic E-state index is 0.211. The molecule has 1 aromatic heterocycles. The minimum Gasteiger partial charge on any atom is -0.312 e. The Bertz CT molecular complexity index is 357. The second kappa shape index (κ2) is 6.16. The van der Waals surface area contributed by atoms with Gasteiger partial charge in [-0.1, -0.05) is 13.8 Å². The fourth-order valence-electron chi connectivity index (χ4n) is 1.77. The maximum atomic E-state index is 4.64. The summed E-state index contributed by atoms with van der Waals surface area (Å²) in [5.41, 5.74) is 1.41. The molecule has 0 aliphatic heterocycles. The summed E-state index contributed by atoms with van der Waals surface area (Å²) in [6.45, 7) is 16.7.